The summed E-state index contributed by atoms with van der Waals surface area (Å²) in [6, 6.07) is 7.65. The highest BCUT2D eigenvalue weighted by molar-refractivity contribution is 7.15. The zero-order chi connectivity index (χ0) is 12.5. The summed E-state index contributed by atoms with van der Waals surface area (Å²) in [5.41, 5.74) is 8.36. The van der Waals surface area contributed by atoms with Gasteiger partial charge in [-0.15, -0.1) is 22.7 Å². The standard InChI is InChI=1S/C12H8ClN3S2/c13-8-3-1-2-7(4-8)9-5-17-11(15-9)10-6-18-12(14)16-10/h1-6H,(H2,14,16). The molecule has 0 radical (unpaired) electrons. The van der Waals surface area contributed by atoms with E-state index in [1.165, 1.54) is 11.3 Å². The topological polar surface area (TPSA) is 51.8 Å². The SMILES string of the molecule is Nc1nc(-c2nc(-c3cccc(Cl)c3)cs2)cs1. The van der Waals surface area contributed by atoms with Crippen molar-refractivity contribution >= 4 is 39.4 Å². The Labute approximate surface area is 117 Å². The van der Waals surface area contributed by atoms with Gasteiger partial charge in [-0.1, -0.05) is 23.7 Å². The van der Waals surface area contributed by atoms with E-state index in [0.717, 1.165) is 22.0 Å². The lowest BCUT2D eigenvalue weighted by Crippen LogP contribution is -1.83. The Morgan fingerprint density at radius 3 is 2.61 bits per heavy atom. The molecule has 3 rings (SSSR count). The number of benzene rings is 1. The summed E-state index contributed by atoms with van der Waals surface area (Å²) in [5, 5.41) is 6.05. The van der Waals surface area contributed by atoms with Gasteiger partial charge in [-0.25, -0.2) is 9.97 Å². The van der Waals surface area contributed by atoms with Gasteiger partial charge < -0.3 is 5.73 Å². The van der Waals surface area contributed by atoms with Crippen LogP contribution in [-0.4, -0.2) is 9.97 Å². The second kappa shape index (κ2) is 4.68. The first-order valence-corrected chi connectivity index (χ1v) is 7.29. The maximum atomic E-state index is 5.97. The van der Waals surface area contributed by atoms with Crippen molar-refractivity contribution in [2.45, 2.75) is 0 Å². The van der Waals surface area contributed by atoms with E-state index in [1.54, 1.807) is 11.3 Å². The van der Waals surface area contributed by atoms with Crippen molar-refractivity contribution in [3.63, 3.8) is 0 Å². The molecule has 2 aromatic heterocycles. The highest BCUT2D eigenvalue weighted by Crippen LogP contribution is 2.30. The zero-order valence-electron chi connectivity index (χ0n) is 9.13. The first-order chi connectivity index (χ1) is 8.72. The van der Waals surface area contributed by atoms with Gasteiger partial charge in [0.05, 0.1) is 5.69 Å². The first-order valence-electron chi connectivity index (χ1n) is 5.15. The number of aromatic nitrogens is 2. The molecule has 0 fully saturated rings. The third-order valence-corrected chi connectivity index (χ3v) is 4.14. The van der Waals surface area contributed by atoms with Crippen LogP contribution >= 0.6 is 34.3 Å². The number of nitrogen functional groups attached to an aromatic ring is 1. The van der Waals surface area contributed by atoms with Crippen LogP contribution in [0.5, 0.6) is 0 Å². The number of thiazole rings is 2. The fourth-order valence-electron chi connectivity index (χ4n) is 1.56. The van der Waals surface area contributed by atoms with Gasteiger partial charge in [-0.2, -0.15) is 0 Å². The van der Waals surface area contributed by atoms with Crippen LogP contribution < -0.4 is 5.73 Å². The summed E-state index contributed by atoms with van der Waals surface area (Å²) in [4.78, 5) is 8.78. The number of anilines is 1. The molecule has 0 saturated heterocycles. The third-order valence-electron chi connectivity index (χ3n) is 2.37. The van der Waals surface area contributed by atoms with E-state index in [9.17, 15) is 0 Å². The minimum Gasteiger partial charge on any atom is -0.375 e. The molecule has 2 N–H and O–H groups in total. The first kappa shape index (κ1) is 11.6. The van der Waals surface area contributed by atoms with E-state index in [1.807, 2.05) is 35.0 Å². The Balaban J connectivity index is 1.99. The Kier molecular flexibility index (Phi) is 3.03. The Hall–Kier alpha value is -1.43. The molecule has 6 heteroatoms. The van der Waals surface area contributed by atoms with Crippen LogP contribution in [-0.2, 0) is 0 Å². The van der Waals surface area contributed by atoms with E-state index in [2.05, 4.69) is 9.97 Å². The van der Waals surface area contributed by atoms with Crippen molar-refractivity contribution in [2.24, 2.45) is 0 Å². The molecule has 0 amide bonds. The number of hydrogen-bond acceptors (Lipinski definition) is 5. The predicted octanol–water partition coefficient (Wildman–Crippen LogP) is 4.17. The van der Waals surface area contributed by atoms with Crippen LogP contribution in [0.15, 0.2) is 35.0 Å². The van der Waals surface area contributed by atoms with E-state index in [0.29, 0.717) is 10.2 Å². The van der Waals surface area contributed by atoms with E-state index < -0.39 is 0 Å². The van der Waals surface area contributed by atoms with Crippen LogP contribution in [0.1, 0.15) is 0 Å². The van der Waals surface area contributed by atoms with Gasteiger partial charge in [0.1, 0.15) is 10.7 Å². The number of nitrogens with zero attached hydrogens (tertiary/aromatic N) is 2. The summed E-state index contributed by atoms with van der Waals surface area (Å²) in [6.07, 6.45) is 0. The second-order valence-electron chi connectivity index (χ2n) is 3.62. The van der Waals surface area contributed by atoms with Gasteiger partial charge in [-0.3, -0.25) is 0 Å². The van der Waals surface area contributed by atoms with Gasteiger partial charge in [0.15, 0.2) is 5.13 Å². The molecule has 0 aliphatic carbocycles. The Morgan fingerprint density at radius 2 is 1.89 bits per heavy atom. The maximum Gasteiger partial charge on any atom is 0.180 e. The molecule has 90 valence electrons. The van der Waals surface area contributed by atoms with Crippen LogP contribution in [0.4, 0.5) is 5.13 Å². The largest absolute Gasteiger partial charge is 0.375 e. The fraction of sp³-hybridized carbons (Fsp3) is 0. The Bertz CT molecular complexity index is 690. The van der Waals surface area contributed by atoms with Crippen molar-refractivity contribution in [2.75, 3.05) is 5.73 Å². The van der Waals surface area contributed by atoms with Crippen molar-refractivity contribution in [1.82, 2.24) is 9.97 Å². The van der Waals surface area contributed by atoms with E-state index >= 15 is 0 Å². The molecular weight excluding hydrogens is 286 g/mol. The lowest BCUT2D eigenvalue weighted by molar-refractivity contribution is 1.34. The average Bonchev–Trinajstić information content (AvgIpc) is 2.97. The second-order valence-corrected chi connectivity index (χ2v) is 5.80. The van der Waals surface area contributed by atoms with Crippen molar-refractivity contribution in [1.29, 1.82) is 0 Å². The monoisotopic (exact) mass is 293 g/mol. The summed E-state index contributed by atoms with van der Waals surface area (Å²) in [5.74, 6) is 0. The lowest BCUT2D eigenvalue weighted by Gasteiger charge is -1.96. The number of halogens is 1. The molecule has 0 atom stereocenters. The van der Waals surface area contributed by atoms with E-state index in [4.69, 9.17) is 17.3 Å². The predicted molar refractivity (Wildman–Crippen MR) is 78.1 cm³/mol. The lowest BCUT2D eigenvalue weighted by atomic mass is 10.2. The molecule has 3 aromatic rings. The highest BCUT2D eigenvalue weighted by Gasteiger charge is 2.09. The van der Waals surface area contributed by atoms with E-state index in [-0.39, 0.29) is 0 Å². The molecule has 0 bridgehead atoms. The average molecular weight is 294 g/mol. The Morgan fingerprint density at radius 1 is 1.06 bits per heavy atom. The van der Waals surface area contributed by atoms with Crippen molar-refractivity contribution in [3.8, 4) is 22.0 Å². The minimum absolute atomic E-state index is 0.560. The maximum absolute atomic E-state index is 5.97. The molecule has 1 aromatic carbocycles. The van der Waals surface area contributed by atoms with Crippen LogP contribution in [0.25, 0.3) is 22.0 Å². The van der Waals surface area contributed by atoms with Gasteiger partial charge in [-0.05, 0) is 12.1 Å². The van der Waals surface area contributed by atoms with Gasteiger partial charge in [0, 0.05) is 21.3 Å². The summed E-state index contributed by atoms with van der Waals surface area (Å²) >= 11 is 8.94. The quantitative estimate of drug-likeness (QED) is 0.771. The third kappa shape index (κ3) is 2.25. The summed E-state index contributed by atoms with van der Waals surface area (Å²) < 4.78 is 0. The van der Waals surface area contributed by atoms with Gasteiger partial charge in [0.25, 0.3) is 0 Å². The normalized spacial score (nSPS) is 10.7. The molecule has 0 aliphatic rings. The smallest absolute Gasteiger partial charge is 0.180 e. The fourth-order valence-corrected chi connectivity index (χ4v) is 3.16. The molecule has 3 nitrogen and oxygen atoms in total. The summed E-state index contributed by atoms with van der Waals surface area (Å²) in [6.45, 7) is 0. The van der Waals surface area contributed by atoms with Crippen molar-refractivity contribution < 1.29 is 0 Å². The van der Waals surface area contributed by atoms with Gasteiger partial charge >= 0.3 is 0 Å². The van der Waals surface area contributed by atoms with Gasteiger partial charge in [0.2, 0.25) is 0 Å². The van der Waals surface area contributed by atoms with Crippen LogP contribution in [0, 0.1) is 0 Å². The number of hydrogen-bond donors (Lipinski definition) is 1. The molecule has 0 saturated carbocycles. The summed E-state index contributed by atoms with van der Waals surface area (Å²) in [7, 11) is 0. The van der Waals surface area contributed by atoms with Crippen molar-refractivity contribution in [3.05, 3.63) is 40.0 Å². The highest BCUT2D eigenvalue weighted by atomic mass is 35.5. The molecule has 2 heterocycles. The molecule has 0 aliphatic heterocycles. The molecule has 0 spiro atoms. The molecule has 18 heavy (non-hydrogen) atoms. The van der Waals surface area contributed by atoms with Crippen LogP contribution in [0.2, 0.25) is 5.02 Å². The van der Waals surface area contributed by atoms with Crippen LogP contribution in [0.3, 0.4) is 0 Å². The molecule has 0 unspecified atom stereocenters. The molecular formula is C12H8ClN3S2. The number of nitrogens with two attached hydrogens (primary N) is 1. The minimum atomic E-state index is 0.560. The number of rotatable bonds is 2. The zero-order valence-corrected chi connectivity index (χ0v) is 11.5.